The van der Waals surface area contributed by atoms with Gasteiger partial charge in [0.05, 0.1) is 24.2 Å². The summed E-state index contributed by atoms with van der Waals surface area (Å²) in [4.78, 5) is 12.8. The topological polar surface area (TPSA) is 111 Å². The van der Waals surface area contributed by atoms with Gasteiger partial charge in [-0.2, -0.15) is 0 Å². The van der Waals surface area contributed by atoms with E-state index in [1.807, 2.05) is 6.92 Å². The van der Waals surface area contributed by atoms with Gasteiger partial charge in [-0.05, 0) is 67.6 Å². The third-order valence-electron chi connectivity index (χ3n) is 5.70. The molecule has 0 spiro atoms. The van der Waals surface area contributed by atoms with E-state index < -0.39 is 15.9 Å². The Morgan fingerprint density at radius 2 is 1.78 bits per heavy atom. The summed E-state index contributed by atoms with van der Waals surface area (Å²) >= 11 is 0. The quantitative estimate of drug-likeness (QED) is 0.408. The second kappa shape index (κ2) is 9.38. The minimum atomic E-state index is -3.83. The zero-order chi connectivity index (χ0) is 25.3. The van der Waals surface area contributed by atoms with Crippen molar-refractivity contribution in [2.45, 2.75) is 17.9 Å². The molecule has 0 aliphatic carbocycles. The number of para-hydroxylation sites is 2. The molecule has 0 saturated carbocycles. The lowest BCUT2D eigenvalue weighted by Gasteiger charge is -2.34. The summed E-state index contributed by atoms with van der Waals surface area (Å²) in [6.07, 6.45) is -0.293. The second-order valence-electron chi connectivity index (χ2n) is 8.22. The molecule has 3 aromatic carbocycles. The number of amides is 1. The van der Waals surface area contributed by atoms with E-state index >= 15 is 0 Å². The predicted molar refractivity (Wildman–Crippen MR) is 134 cm³/mol. The van der Waals surface area contributed by atoms with Crippen LogP contribution in [0.25, 0.3) is 11.3 Å². The predicted octanol–water partition coefficient (Wildman–Crippen LogP) is 4.58. The van der Waals surface area contributed by atoms with Crippen molar-refractivity contribution in [3.8, 4) is 22.8 Å². The Bertz CT molecular complexity index is 1500. The van der Waals surface area contributed by atoms with Gasteiger partial charge in [0.1, 0.15) is 17.6 Å². The maximum absolute atomic E-state index is 13.4. The Labute approximate surface area is 208 Å². The van der Waals surface area contributed by atoms with Crippen LogP contribution in [0.15, 0.2) is 88.3 Å². The van der Waals surface area contributed by atoms with Crippen LogP contribution >= 0.6 is 0 Å². The number of aromatic nitrogens is 1. The second-order valence-corrected chi connectivity index (χ2v) is 10.1. The minimum absolute atomic E-state index is 0.0939. The molecule has 10 heteroatoms. The highest BCUT2D eigenvalue weighted by Gasteiger charge is 2.32. The van der Waals surface area contributed by atoms with Gasteiger partial charge in [-0.25, -0.2) is 8.42 Å². The van der Waals surface area contributed by atoms with Gasteiger partial charge in [-0.1, -0.05) is 17.3 Å². The van der Waals surface area contributed by atoms with Gasteiger partial charge in [0.25, 0.3) is 15.9 Å². The van der Waals surface area contributed by atoms with Gasteiger partial charge in [0, 0.05) is 17.3 Å². The van der Waals surface area contributed by atoms with E-state index in [0.717, 1.165) is 5.56 Å². The Kier molecular flexibility index (Phi) is 6.11. The monoisotopic (exact) mass is 505 g/mol. The number of hydrogen-bond acceptors (Lipinski definition) is 7. The number of sulfonamides is 1. The molecule has 1 amide bonds. The molecule has 1 aliphatic heterocycles. The number of hydrogen-bond donors (Lipinski definition) is 1. The molecule has 5 rings (SSSR count). The number of ether oxygens (including phenoxy) is 2. The first kappa shape index (κ1) is 23.4. The maximum Gasteiger partial charge on any atom is 0.277 e. The minimum Gasteiger partial charge on any atom is -0.497 e. The average Bonchev–Trinajstić information content (AvgIpc) is 3.39. The van der Waals surface area contributed by atoms with Crippen LogP contribution in [-0.2, 0) is 10.0 Å². The van der Waals surface area contributed by atoms with E-state index in [9.17, 15) is 13.2 Å². The summed E-state index contributed by atoms with van der Waals surface area (Å²) in [7, 11) is -2.25. The molecule has 9 nitrogen and oxygen atoms in total. The number of nitrogens with zero attached hydrogens (tertiary/aromatic N) is 2. The fourth-order valence-electron chi connectivity index (χ4n) is 3.88. The number of anilines is 2. The first-order valence-electron chi connectivity index (χ1n) is 11.2. The molecule has 184 valence electrons. The van der Waals surface area contributed by atoms with Gasteiger partial charge in [0.2, 0.25) is 0 Å². The first-order chi connectivity index (χ1) is 17.3. The van der Waals surface area contributed by atoms with E-state index in [4.69, 9.17) is 14.0 Å². The SMILES string of the molecule is COc1ccc(-c2cc(C(=O)Nc3ccc(S(=O)(=O)N4C[C@H](C)Oc5ccccc54)cc3)no2)cc1. The van der Waals surface area contributed by atoms with Crippen molar-refractivity contribution in [1.29, 1.82) is 0 Å². The zero-order valence-electron chi connectivity index (χ0n) is 19.5. The largest absolute Gasteiger partial charge is 0.497 e. The van der Waals surface area contributed by atoms with Crippen molar-refractivity contribution in [3.63, 3.8) is 0 Å². The highest BCUT2D eigenvalue weighted by molar-refractivity contribution is 7.92. The van der Waals surface area contributed by atoms with Crippen molar-refractivity contribution in [2.75, 3.05) is 23.3 Å². The molecule has 36 heavy (non-hydrogen) atoms. The lowest BCUT2D eigenvalue weighted by atomic mass is 10.1. The van der Waals surface area contributed by atoms with Gasteiger partial charge in [-0.15, -0.1) is 0 Å². The summed E-state index contributed by atoms with van der Waals surface area (Å²) in [5.74, 6) is 1.17. The summed E-state index contributed by atoms with van der Waals surface area (Å²) in [5.41, 5.74) is 1.75. The highest BCUT2D eigenvalue weighted by Crippen LogP contribution is 2.36. The number of carbonyl (C=O) groups is 1. The standard InChI is InChI=1S/C26H23N3O6S/c1-17-16-29(23-5-3-4-6-24(23)34-17)36(31,32)21-13-9-19(10-14-21)27-26(30)22-15-25(35-28-22)18-7-11-20(33-2)12-8-18/h3-15,17H,16H2,1-2H3,(H,27,30)/t17-/m0/s1. The Balaban J connectivity index is 1.31. The summed E-state index contributed by atoms with van der Waals surface area (Å²) in [5, 5.41) is 6.56. The van der Waals surface area contributed by atoms with Crippen molar-refractivity contribution in [2.24, 2.45) is 0 Å². The van der Waals surface area contributed by atoms with E-state index in [-0.39, 0.29) is 23.2 Å². The fraction of sp³-hybridized carbons (Fsp3) is 0.154. The highest BCUT2D eigenvalue weighted by atomic mass is 32.2. The maximum atomic E-state index is 13.4. The molecular weight excluding hydrogens is 482 g/mol. The summed E-state index contributed by atoms with van der Waals surface area (Å²) in [6.45, 7) is 2.02. The van der Waals surface area contributed by atoms with Crippen LogP contribution < -0.4 is 19.1 Å². The van der Waals surface area contributed by atoms with Crippen molar-refractivity contribution in [3.05, 3.63) is 84.6 Å². The molecule has 1 aromatic heterocycles. The molecule has 0 radical (unpaired) electrons. The third kappa shape index (κ3) is 4.50. The molecule has 0 unspecified atom stereocenters. The van der Waals surface area contributed by atoms with Crippen molar-refractivity contribution >= 4 is 27.3 Å². The number of methoxy groups -OCH3 is 1. The molecule has 1 atom stereocenters. The van der Waals surface area contributed by atoms with Crippen molar-refractivity contribution in [1.82, 2.24) is 5.16 Å². The first-order valence-corrected chi connectivity index (χ1v) is 12.6. The van der Waals surface area contributed by atoms with Gasteiger partial charge >= 0.3 is 0 Å². The Morgan fingerprint density at radius 3 is 2.50 bits per heavy atom. The van der Waals surface area contributed by atoms with Gasteiger partial charge in [-0.3, -0.25) is 9.10 Å². The number of benzene rings is 3. The number of carbonyl (C=O) groups excluding carboxylic acids is 1. The van der Waals surface area contributed by atoms with Crippen LogP contribution in [0.3, 0.4) is 0 Å². The smallest absolute Gasteiger partial charge is 0.277 e. The Morgan fingerprint density at radius 1 is 1.06 bits per heavy atom. The zero-order valence-corrected chi connectivity index (χ0v) is 20.4. The van der Waals surface area contributed by atoms with E-state index in [1.54, 1.807) is 55.6 Å². The fourth-order valence-corrected chi connectivity index (χ4v) is 5.43. The van der Waals surface area contributed by atoms with Crippen LogP contribution in [-0.4, -0.2) is 39.2 Å². The van der Waals surface area contributed by atoms with Gasteiger partial charge < -0.3 is 19.3 Å². The lowest BCUT2D eigenvalue weighted by molar-refractivity contribution is 0.101. The normalized spacial score (nSPS) is 15.1. The molecule has 1 N–H and O–H groups in total. The molecule has 0 bridgehead atoms. The van der Waals surface area contributed by atoms with Crippen LogP contribution in [0, 0.1) is 0 Å². The molecular formula is C26H23N3O6S. The lowest BCUT2D eigenvalue weighted by Crippen LogP contribution is -2.42. The molecule has 1 aliphatic rings. The van der Waals surface area contributed by atoms with E-state index in [2.05, 4.69) is 10.5 Å². The van der Waals surface area contributed by atoms with Gasteiger partial charge in [0.15, 0.2) is 11.5 Å². The van der Waals surface area contributed by atoms with Crippen molar-refractivity contribution < 1.29 is 27.2 Å². The summed E-state index contributed by atoms with van der Waals surface area (Å²) in [6, 6.07) is 21.7. The third-order valence-corrected chi connectivity index (χ3v) is 7.50. The molecule has 4 aromatic rings. The van der Waals surface area contributed by atoms with E-state index in [0.29, 0.717) is 28.6 Å². The van der Waals surface area contributed by atoms with Crippen LogP contribution in [0.1, 0.15) is 17.4 Å². The molecule has 2 heterocycles. The van der Waals surface area contributed by atoms with Crippen LogP contribution in [0.5, 0.6) is 11.5 Å². The number of fused-ring (bicyclic) bond motifs is 1. The summed E-state index contributed by atoms with van der Waals surface area (Å²) < 4.78 is 44.3. The van der Waals surface area contributed by atoms with E-state index in [1.165, 1.54) is 34.6 Å². The molecule has 0 fully saturated rings. The average molecular weight is 506 g/mol. The molecule has 0 saturated heterocycles. The number of rotatable bonds is 6. The van der Waals surface area contributed by atoms with Crippen LogP contribution in [0.4, 0.5) is 11.4 Å². The number of nitrogens with one attached hydrogen (secondary N) is 1. The van der Waals surface area contributed by atoms with Crippen LogP contribution in [0.2, 0.25) is 0 Å². The Hall–Kier alpha value is -4.31.